The van der Waals surface area contributed by atoms with Gasteiger partial charge in [-0.2, -0.15) is 5.10 Å². The second kappa shape index (κ2) is 5.70. The van der Waals surface area contributed by atoms with Crippen LogP contribution in [0.4, 0.5) is 5.69 Å². The minimum atomic E-state index is 0.192. The van der Waals surface area contributed by atoms with Crippen molar-refractivity contribution in [2.75, 3.05) is 5.43 Å². The van der Waals surface area contributed by atoms with Crippen LogP contribution in [-0.4, -0.2) is 6.21 Å². The molecule has 0 aliphatic carbocycles. The van der Waals surface area contributed by atoms with E-state index in [1.165, 1.54) is 5.56 Å². The second-order valence-corrected chi connectivity index (χ2v) is 5.61. The Morgan fingerprint density at radius 2 is 1.53 bits per heavy atom. The van der Waals surface area contributed by atoms with Crippen molar-refractivity contribution < 1.29 is 0 Å². The molecule has 0 atom stereocenters. The summed E-state index contributed by atoms with van der Waals surface area (Å²) >= 11 is 0. The fourth-order valence-electron chi connectivity index (χ4n) is 1.76. The van der Waals surface area contributed by atoms with Crippen LogP contribution in [0, 0.1) is 0 Å². The van der Waals surface area contributed by atoms with Gasteiger partial charge in [0.1, 0.15) is 0 Å². The van der Waals surface area contributed by atoms with Gasteiger partial charge in [0.15, 0.2) is 0 Å². The highest BCUT2D eigenvalue weighted by molar-refractivity contribution is 5.80. The Kier molecular flexibility index (Phi) is 4.00. The van der Waals surface area contributed by atoms with Gasteiger partial charge in [0.25, 0.3) is 0 Å². The van der Waals surface area contributed by atoms with Gasteiger partial charge in [-0.3, -0.25) is 5.43 Å². The van der Waals surface area contributed by atoms with Crippen LogP contribution in [0.25, 0.3) is 0 Å². The average Bonchev–Trinajstić information content (AvgIpc) is 2.39. The molecule has 0 aliphatic rings. The van der Waals surface area contributed by atoms with E-state index >= 15 is 0 Å². The quantitative estimate of drug-likeness (QED) is 0.634. The molecule has 1 N–H and O–H groups in total. The topological polar surface area (TPSA) is 24.4 Å². The number of para-hydroxylation sites is 1. The van der Waals surface area contributed by atoms with Gasteiger partial charge in [-0.05, 0) is 28.7 Å². The summed E-state index contributed by atoms with van der Waals surface area (Å²) in [5.74, 6) is 0. The van der Waals surface area contributed by atoms with Crippen molar-refractivity contribution in [1.29, 1.82) is 0 Å². The molecule has 0 saturated heterocycles. The first-order valence-electron chi connectivity index (χ1n) is 6.50. The van der Waals surface area contributed by atoms with Crippen LogP contribution in [0.1, 0.15) is 31.9 Å². The molecule has 0 radical (unpaired) electrons. The third-order valence-electron chi connectivity index (χ3n) is 2.96. The molecule has 0 spiro atoms. The Labute approximate surface area is 115 Å². The summed E-state index contributed by atoms with van der Waals surface area (Å²) in [5, 5.41) is 4.23. The molecule has 0 bridgehead atoms. The van der Waals surface area contributed by atoms with Crippen LogP contribution >= 0.6 is 0 Å². The number of benzene rings is 2. The maximum absolute atomic E-state index is 4.23. The lowest BCUT2D eigenvalue weighted by molar-refractivity contribution is 0.590. The van der Waals surface area contributed by atoms with Gasteiger partial charge < -0.3 is 0 Å². The lowest BCUT2D eigenvalue weighted by Crippen LogP contribution is -2.10. The van der Waals surface area contributed by atoms with E-state index < -0.39 is 0 Å². The molecule has 2 heteroatoms. The van der Waals surface area contributed by atoms with Gasteiger partial charge in [-0.25, -0.2) is 0 Å². The number of nitrogens with zero attached hydrogens (tertiary/aromatic N) is 1. The van der Waals surface area contributed by atoms with Crippen LogP contribution < -0.4 is 5.43 Å². The van der Waals surface area contributed by atoms with Crippen molar-refractivity contribution in [2.24, 2.45) is 5.10 Å². The Balaban J connectivity index is 2.00. The van der Waals surface area contributed by atoms with E-state index in [0.717, 1.165) is 11.3 Å². The summed E-state index contributed by atoms with van der Waals surface area (Å²) in [6.45, 7) is 6.65. The van der Waals surface area contributed by atoms with Gasteiger partial charge in [-0.15, -0.1) is 0 Å². The van der Waals surface area contributed by atoms with Crippen LogP contribution in [-0.2, 0) is 5.41 Å². The molecule has 19 heavy (non-hydrogen) atoms. The zero-order chi connectivity index (χ0) is 13.7. The van der Waals surface area contributed by atoms with Crippen molar-refractivity contribution in [3.63, 3.8) is 0 Å². The van der Waals surface area contributed by atoms with Crippen molar-refractivity contribution in [2.45, 2.75) is 26.2 Å². The minimum absolute atomic E-state index is 0.192. The summed E-state index contributed by atoms with van der Waals surface area (Å²) in [5.41, 5.74) is 6.62. The summed E-state index contributed by atoms with van der Waals surface area (Å²) in [7, 11) is 0. The molecule has 0 fully saturated rings. The molecule has 0 heterocycles. The zero-order valence-corrected chi connectivity index (χ0v) is 11.7. The van der Waals surface area contributed by atoms with Crippen LogP contribution in [0.2, 0.25) is 0 Å². The summed E-state index contributed by atoms with van der Waals surface area (Å²) < 4.78 is 0. The van der Waals surface area contributed by atoms with Gasteiger partial charge in [-0.1, -0.05) is 63.2 Å². The van der Waals surface area contributed by atoms with Crippen LogP contribution in [0.3, 0.4) is 0 Å². The van der Waals surface area contributed by atoms with Gasteiger partial charge >= 0.3 is 0 Å². The summed E-state index contributed by atoms with van der Waals surface area (Å²) in [6, 6.07) is 18.4. The third-order valence-corrected chi connectivity index (χ3v) is 2.96. The first-order chi connectivity index (χ1) is 9.05. The Hall–Kier alpha value is -2.09. The molecule has 0 aromatic heterocycles. The third kappa shape index (κ3) is 3.95. The lowest BCUT2D eigenvalue weighted by Gasteiger charge is -2.18. The van der Waals surface area contributed by atoms with E-state index in [1.807, 2.05) is 36.5 Å². The lowest BCUT2D eigenvalue weighted by atomic mass is 9.87. The highest BCUT2D eigenvalue weighted by Crippen LogP contribution is 2.21. The van der Waals surface area contributed by atoms with Crippen molar-refractivity contribution in [3.8, 4) is 0 Å². The molecular weight excluding hydrogens is 232 g/mol. The van der Waals surface area contributed by atoms with Crippen LogP contribution in [0.5, 0.6) is 0 Å². The maximum atomic E-state index is 4.23. The predicted molar refractivity (Wildman–Crippen MR) is 82.8 cm³/mol. The highest BCUT2D eigenvalue weighted by atomic mass is 15.3. The van der Waals surface area contributed by atoms with Gasteiger partial charge in [0.05, 0.1) is 11.9 Å². The number of anilines is 1. The molecule has 2 aromatic carbocycles. The fraction of sp³-hybridized carbons (Fsp3) is 0.235. The summed E-state index contributed by atoms with van der Waals surface area (Å²) in [4.78, 5) is 0. The van der Waals surface area contributed by atoms with Gasteiger partial charge in [0.2, 0.25) is 0 Å². The molecule has 2 nitrogen and oxygen atoms in total. The number of hydrogen-bond donors (Lipinski definition) is 1. The largest absolute Gasteiger partial charge is 0.279 e. The first-order valence-corrected chi connectivity index (χ1v) is 6.50. The predicted octanol–water partition coefficient (Wildman–Crippen LogP) is 4.43. The van der Waals surface area contributed by atoms with Crippen molar-refractivity contribution in [3.05, 3.63) is 65.7 Å². The van der Waals surface area contributed by atoms with E-state index in [1.54, 1.807) is 0 Å². The van der Waals surface area contributed by atoms with E-state index in [-0.39, 0.29) is 5.41 Å². The second-order valence-electron chi connectivity index (χ2n) is 5.61. The SMILES string of the molecule is CC(C)(C)c1ccc(/C=N/Nc2ccccc2)cc1. The summed E-state index contributed by atoms with van der Waals surface area (Å²) in [6.07, 6.45) is 1.83. The van der Waals surface area contributed by atoms with E-state index in [4.69, 9.17) is 0 Å². The molecular formula is C17H20N2. The Bertz CT molecular complexity index is 534. The first kappa shape index (κ1) is 13.3. The molecule has 98 valence electrons. The molecule has 0 saturated carbocycles. The molecule has 0 amide bonds. The fourth-order valence-corrected chi connectivity index (χ4v) is 1.76. The minimum Gasteiger partial charge on any atom is -0.279 e. The number of rotatable bonds is 3. The highest BCUT2D eigenvalue weighted by Gasteiger charge is 2.12. The normalized spacial score (nSPS) is 11.7. The maximum Gasteiger partial charge on any atom is 0.0561 e. The van der Waals surface area contributed by atoms with Crippen molar-refractivity contribution >= 4 is 11.9 Å². The molecule has 2 rings (SSSR count). The zero-order valence-electron chi connectivity index (χ0n) is 11.7. The standard InChI is InChI=1S/C17H20N2/c1-17(2,3)15-11-9-14(10-12-15)13-18-19-16-7-5-4-6-8-16/h4-13,19H,1-3H3/b18-13+. The molecule has 2 aromatic rings. The van der Waals surface area contributed by atoms with Gasteiger partial charge in [0, 0.05) is 0 Å². The molecule has 0 aliphatic heterocycles. The monoisotopic (exact) mass is 252 g/mol. The Morgan fingerprint density at radius 3 is 2.11 bits per heavy atom. The van der Waals surface area contributed by atoms with E-state index in [2.05, 4.69) is 55.6 Å². The number of nitrogens with one attached hydrogen (secondary N) is 1. The molecule has 0 unspecified atom stereocenters. The van der Waals surface area contributed by atoms with E-state index in [0.29, 0.717) is 0 Å². The average molecular weight is 252 g/mol. The van der Waals surface area contributed by atoms with Crippen LogP contribution in [0.15, 0.2) is 59.7 Å². The van der Waals surface area contributed by atoms with Crippen molar-refractivity contribution in [1.82, 2.24) is 0 Å². The Morgan fingerprint density at radius 1 is 0.895 bits per heavy atom. The number of hydrazone groups is 1. The number of hydrogen-bond acceptors (Lipinski definition) is 2. The smallest absolute Gasteiger partial charge is 0.0561 e. The van der Waals surface area contributed by atoms with E-state index in [9.17, 15) is 0 Å².